The highest BCUT2D eigenvalue weighted by molar-refractivity contribution is 6.19. The van der Waals surface area contributed by atoms with Gasteiger partial charge in [0.25, 0.3) is 11.7 Å². The van der Waals surface area contributed by atoms with Gasteiger partial charge in [0.2, 0.25) is 0 Å². The fourth-order valence-corrected chi connectivity index (χ4v) is 8.95. The maximum atomic E-state index is 14.7. The number of hydrogen-bond donors (Lipinski definition) is 5. The average Bonchev–Trinajstić information content (AvgIpc) is 3.73. The Morgan fingerprint density at radius 1 is 1.00 bits per heavy atom. The highest BCUT2D eigenvalue weighted by Crippen LogP contribution is 2.50. The molecule has 61 heavy (non-hydrogen) atoms. The van der Waals surface area contributed by atoms with Gasteiger partial charge in [0.15, 0.2) is 11.4 Å². The molecule has 4 aliphatic rings. The molecule has 0 radical (unpaired) electrons. The van der Waals surface area contributed by atoms with Crippen molar-refractivity contribution < 1.29 is 53.8 Å². The van der Waals surface area contributed by atoms with Crippen molar-refractivity contribution in [2.24, 2.45) is 33.7 Å². The topological polar surface area (TPSA) is 209 Å². The number of esters is 1. The predicted octanol–water partition coefficient (Wildman–Crippen LogP) is 4.12. The molecule has 0 aromatic heterocycles. The first kappa shape index (κ1) is 45.3. The summed E-state index contributed by atoms with van der Waals surface area (Å²) in [5.41, 5.74) is -0.685. The molecule has 0 saturated carbocycles. The van der Waals surface area contributed by atoms with E-state index < -0.39 is 82.9 Å². The third-order valence-electron chi connectivity index (χ3n) is 12.8. The molecule has 15 nitrogen and oxygen atoms in total. The van der Waals surface area contributed by atoms with Crippen LogP contribution in [0, 0.1) is 42.9 Å². The molecule has 2 aromatic rings. The van der Waals surface area contributed by atoms with Gasteiger partial charge >= 0.3 is 11.8 Å². The molecule has 4 heterocycles. The van der Waals surface area contributed by atoms with Gasteiger partial charge in [-0.05, 0) is 19.9 Å². The van der Waals surface area contributed by atoms with Crippen LogP contribution in [-0.4, -0.2) is 106 Å². The van der Waals surface area contributed by atoms with Gasteiger partial charge < -0.3 is 49.6 Å². The van der Waals surface area contributed by atoms with Crippen molar-refractivity contribution in [1.82, 2.24) is 4.90 Å². The molecule has 4 bridgehead atoms. The first-order valence-corrected chi connectivity index (χ1v) is 20.8. The zero-order valence-electron chi connectivity index (χ0n) is 36.3. The molecule has 4 aliphatic heterocycles. The standard InChI is InChI=1S/C46H58N4O11/c1-11-12-19-50-20-17-46(18-21-50)48-34-31-32-39(54)28(7)42-33(31)43(56)45(9,61-42)59-22-16-30(58-10)25(4)41(60-29(8)51)27(6)38(53)26(5)37(52)23(2)14-13-15-24(3)44(57)47-36(40(32)55)35(34)49-46/h1,13-16,22-23,25-27,30,37-38,41,52-55H,12,17-21H2,2-10H3,(H,47,57)/b14-13+,22-16+,24-15-/t23-,25+,26+,27+,30-,37-,38+,41+,45-/m0/s1. The number of allylic oxidation sites excluding steroid dienone is 2. The fraction of sp³-hybridized carbons (Fsp3) is 0.543. The summed E-state index contributed by atoms with van der Waals surface area (Å²) >= 11 is 0. The maximum absolute atomic E-state index is 14.7. The summed E-state index contributed by atoms with van der Waals surface area (Å²) in [6, 6.07) is 0. The zero-order chi connectivity index (χ0) is 44.7. The largest absolute Gasteiger partial charge is 0.507 e. The van der Waals surface area contributed by atoms with Crippen LogP contribution < -0.4 is 20.8 Å². The number of carbonyl (C=O) groups excluding carboxylic acids is 3. The number of phenols is 2. The second kappa shape index (κ2) is 17.6. The highest BCUT2D eigenvalue weighted by Gasteiger charge is 2.50. The Bertz CT molecular complexity index is 2360. The number of ether oxygens (including phenoxy) is 4. The molecular formula is C46H58N4O11. The number of methoxy groups -OCH3 is 1. The van der Waals surface area contributed by atoms with Crippen molar-refractivity contribution in [2.75, 3.05) is 32.1 Å². The number of ketones is 1. The highest BCUT2D eigenvalue weighted by atomic mass is 16.7. The van der Waals surface area contributed by atoms with Crippen LogP contribution in [-0.2, 0) is 23.8 Å². The smallest absolute Gasteiger partial charge is 0.312 e. The second-order valence-corrected chi connectivity index (χ2v) is 17.1. The number of nitrogens with one attached hydrogen (secondary N) is 1. The number of nitrogens with zero attached hydrogens (tertiary/aromatic N) is 3. The minimum Gasteiger partial charge on any atom is -0.507 e. The second-order valence-electron chi connectivity index (χ2n) is 17.1. The number of likely N-dealkylation sites (tertiary alicyclic amines) is 1. The Hall–Kier alpha value is -5.27. The van der Waals surface area contributed by atoms with Gasteiger partial charge in [-0.25, -0.2) is 0 Å². The van der Waals surface area contributed by atoms with Crippen LogP contribution in [0.4, 0.5) is 5.69 Å². The minimum absolute atomic E-state index is 0.0172. The van der Waals surface area contributed by atoms with Gasteiger partial charge in [-0.3, -0.25) is 24.4 Å². The van der Waals surface area contributed by atoms with E-state index in [1.54, 1.807) is 65.8 Å². The number of rotatable bonds is 4. The van der Waals surface area contributed by atoms with Crippen LogP contribution in [0.3, 0.4) is 0 Å². The lowest BCUT2D eigenvalue weighted by Crippen LogP contribution is -2.46. The monoisotopic (exact) mass is 842 g/mol. The molecule has 1 amide bonds. The van der Waals surface area contributed by atoms with E-state index in [9.17, 15) is 34.8 Å². The molecule has 9 atom stereocenters. The van der Waals surface area contributed by atoms with E-state index in [-0.39, 0.29) is 55.4 Å². The van der Waals surface area contributed by atoms with Crippen LogP contribution in [0.25, 0.3) is 10.8 Å². The number of aromatic hydroxyl groups is 2. The Kier molecular flexibility index (Phi) is 13.1. The van der Waals surface area contributed by atoms with Gasteiger partial charge in [-0.2, -0.15) is 0 Å². The first-order chi connectivity index (χ1) is 28.8. The van der Waals surface area contributed by atoms with E-state index in [4.69, 9.17) is 35.4 Å². The summed E-state index contributed by atoms with van der Waals surface area (Å²) in [7, 11) is 1.46. The molecule has 5 N–H and O–H groups in total. The molecule has 0 aliphatic carbocycles. The summed E-state index contributed by atoms with van der Waals surface area (Å²) < 4.78 is 23.9. The number of Topliss-reactive ketones (excluding diaryl/α,β-unsaturated/α-hetero) is 1. The lowest BCUT2D eigenvalue weighted by atomic mass is 9.78. The number of amides is 1. The average molecular weight is 843 g/mol. The number of benzene rings is 2. The molecule has 1 fully saturated rings. The number of terminal acetylenes is 1. The van der Waals surface area contributed by atoms with E-state index >= 15 is 0 Å². The van der Waals surface area contributed by atoms with Gasteiger partial charge in [-0.1, -0.05) is 45.9 Å². The van der Waals surface area contributed by atoms with Crippen molar-refractivity contribution in [2.45, 2.75) is 111 Å². The third kappa shape index (κ3) is 8.38. The molecule has 1 spiro atoms. The molecule has 2 aromatic carbocycles. The number of phenolic OH excluding ortho intramolecular Hbond substituents is 2. The molecule has 6 rings (SSSR count). The first-order valence-electron chi connectivity index (χ1n) is 20.8. The number of hydrogen-bond acceptors (Lipinski definition) is 14. The minimum atomic E-state index is -1.97. The SMILES string of the molecule is C#CCCN1CCC2(CC1)N=c1c3c(O)c4c(O)c(C)c5c(c4c1=N2)C(=O)[C@@](C)(O/C=C/[C@H](OC)[C@@H](C)[C@@H](OC(C)=O)[C@H](C)[C@H](O)[C@H](C)[C@@H](O)[C@@H](C)/C=C/C=C(/C)C(=O)N3)O5. The van der Waals surface area contributed by atoms with Crippen molar-refractivity contribution in [1.29, 1.82) is 0 Å². The van der Waals surface area contributed by atoms with Crippen LogP contribution in [0.1, 0.15) is 83.7 Å². The van der Waals surface area contributed by atoms with E-state index in [1.165, 1.54) is 27.2 Å². The fourth-order valence-electron chi connectivity index (χ4n) is 8.95. The Balaban J connectivity index is 1.54. The van der Waals surface area contributed by atoms with E-state index in [1.807, 2.05) is 0 Å². The van der Waals surface area contributed by atoms with Gasteiger partial charge in [0.05, 0.1) is 40.9 Å². The summed E-state index contributed by atoms with van der Waals surface area (Å²) in [5.74, 6) is -4.36. The molecule has 1 saturated heterocycles. The lowest BCUT2D eigenvalue weighted by molar-refractivity contribution is -0.160. The Morgan fingerprint density at radius 3 is 2.31 bits per heavy atom. The summed E-state index contributed by atoms with van der Waals surface area (Å²) in [6.45, 7) is 14.8. The molecule has 0 unspecified atom stereocenters. The molecule has 328 valence electrons. The summed E-state index contributed by atoms with van der Waals surface area (Å²) in [6.07, 6.45) is 11.0. The van der Waals surface area contributed by atoms with Crippen LogP contribution >= 0.6 is 0 Å². The van der Waals surface area contributed by atoms with Gasteiger partial charge in [0.1, 0.15) is 28.6 Å². The number of aliphatic hydroxyl groups excluding tert-OH is 2. The van der Waals surface area contributed by atoms with Crippen molar-refractivity contribution in [3.8, 4) is 29.6 Å². The predicted molar refractivity (Wildman–Crippen MR) is 226 cm³/mol. The third-order valence-corrected chi connectivity index (χ3v) is 12.8. The Labute approximate surface area is 355 Å². The number of carbonyl (C=O) groups is 3. The van der Waals surface area contributed by atoms with Gasteiger partial charge in [0, 0.05) is 100 Å². The van der Waals surface area contributed by atoms with Crippen molar-refractivity contribution in [3.05, 3.63) is 58.0 Å². The summed E-state index contributed by atoms with van der Waals surface area (Å²) in [5, 5.41) is 50.0. The van der Waals surface area contributed by atoms with Crippen LogP contribution in [0.2, 0.25) is 0 Å². The maximum Gasteiger partial charge on any atom is 0.312 e. The zero-order valence-corrected chi connectivity index (χ0v) is 36.3. The van der Waals surface area contributed by atoms with Crippen molar-refractivity contribution in [3.63, 3.8) is 0 Å². The Morgan fingerprint density at radius 2 is 1.67 bits per heavy atom. The molecular weight excluding hydrogens is 785 g/mol. The normalized spacial score (nSPS) is 32.4. The summed E-state index contributed by atoms with van der Waals surface area (Å²) in [4.78, 5) is 53.4. The lowest BCUT2D eigenvalue weighted by Gasteiger charge is -2.38. The number of aliphatic hydroxyl groups is 2. The van der Waals surface area contributed by atoms with E-state index in [0.717, 1.165) is 0 Å². The number of piperidine rings is 1. The number of fused-ring (bicyclic) bond motifs is 1. The van der Waals surface area contributed by atoms with E-state index in [0.29, 0.717) is 38.9 Å². The van der Waals surface area contributed by atoms with E-state index in [2.05, 4.69) is 16.1 Å². The molecule has 15 heteroatoms. The van der Waals surface area contributed by atoms with Crippen LogP contribution in [0.15, 0.2) is 46.1 Å². The number of anilines is 1. The van der Waals surface area contributed by atoms with Crippen LogP contribution in [0.5, 0.6) is 17.2 Å². The van der Waals surface area contributed by atoms with Crippen molar-refractivity contribution >= 4 is 34.1 Å². The quantitative estimate of drug-likeness (QED) is 0.167. The van der Waals surface area contributed by atoms with Gasteiger partial charge in [-0.15, -0.1) is 12.3 Å².